The highest BCUT2D eigenvalue weighted by Gasteiger charge is 2.27. The average Bonchev–Trinajstić information content (AvgIpc) is 2.78. The minimum Gasteiger partial charge on any atom is -0.452 e. The molecule has 0 unspecified atom stereocenters. The van der Waals surface area contributed by atoms with Crippen LogP contribution in [0, 0.1) is 0 Å². The summed E-state index contributed by atoms with van der Waals surface area (Å²) in [4.78, 5) is 23.3. The lowest BCUT2D eigenvalue weighted by Gasteiger charge is -2.03. The van der Waals surface area contributed by atoms with E-state index in [4.69, 9.17) is 32.7 Å². The second-order valence-electron chi connectivity index (χ2n) is 4.86. The number of carbonyl (C=O) groups is 2. The summed E-state index contributed by atoms with van der Waals surface area (Å²) in [5.74, 6) is 0.138. The summed E-state index contributed by atoms with van der Waals surface area (Å²) >= 11 is 11.8. The predicted molar refractivity (Wildman–Crippen MR) is 87.1 cm³/mol. The van der Waals surface area contributed by atoms with E-state index in [-0.39, 0.29) is 11.5 Å². The fourth-order valence-electron chi connectivity index (χ4n) is 2.15. The third kappa shape index (κ3) is 3.23. The number of esters is 1. The molecule has 1 aliphatic heterocycles. The molecule has 0 spiro atoms. The molecule has 6 heteroatoms. The Bertz CT molecular complexity index is 856. The van der Waals surface area contributed by atoms with Gasteiger partial charge in [-0.2, -0.15) is 0 Å². The van der Waals surface area contributed by atoms with E-state index in [1.54, 1.807) is 36.4 Å². The maximum absolute atomic E-state index is 12.3. The minimum atomic E-state index is -0.444. The van der Waals surface area contributed by atoms with Gasteiger partial charge in [-0.05, 0) is 35.9 Å². The van der Waals surface area contributed by atoms with Crippen molar-refractivity contribution in [2.75, 3.05) is 0 Å². The molecule has 0 amide bonds. The lowest BCUT2D eigenvalue weighted by Crippen LogP contribution is -2.01. The quantitative estimate of drug-likeness (QED) is 0.454. The highest BCUT2D eigenvalue weighted by molar-refractivity contribution is 6.42. The topological polar surface area (TPSA) is 52.6 Å². The highest BCUT2D eigenvalue weighted by Crippen LogP contribution is 2.35. The van der Waals surface area contributed by atoms with Crippen molar-refractivity contribution in [3.05, 3.63) is 63.3 Å². The minimum absolute atomic E-state index is 0.165. The summed E-state index contributed by atoms with van der Waals surface area (Å²) in [5, 5.41) is 0.822. The Morgan fingerprint density at radius 1 is 1.13 bits per heavy atom. The molecule has 0 fully saturated rings. The van der Waals surface area contributed by atoms with E-state index in [0.717, 1.165) is 0 Å². The van der Waals surface area contributed by atoms with Crippen LogP contribution in [0.2, 0.25) is 10.0 Å². The summed E-state index contributed by atoms with van der Waals surface area (Å²) in [5.41, 5.74) is 1.10. The van der Waals surface area contributed by atoms with E-state index in [2.05, 4.69) is 0 Å². The molecule has 1 heterocycles. The van der Waals surface area contributed by atoms with Crippen molar-refractivity contribution in [1.29, 1.82) is 0 Å². The lowest BCUT2D eigenvalue weighted by atomic mass is 10.1. The standard InChI is InChI=1S/C17H10Cl2O4/c1-9(20)22-11-3-4-12-15(8-11)23-16(17(12)21)7-10-2-5-13(18)14(19)6-10/h2-8H,1H3. The van der Waals surface area contributed by atoms with Crippen molar-refractivity contribution in [3.8, 4) is 11.5 Å². The Morgan fingerprint density at radius 3 is 2.61 bits per heavy atom. The van der Waals surface area contributed by atoms with Gasteiger partial charge in [0.2, 0.25) is 5.78 Å². The van der Waals surface area contributed by atoms with Gasteiger partial charge in [0.25, 0.3) is 0 Å². The van der Waals surface area contributed by atoms with Crippen molar-refractivity contribution in [2.24, 2.45) is 0 Å². The van der Waals surface area contributed by atoms with Gasteiger partial charge in [0, 0.05) is 13.0 Å². The molecule has 116 valence electrons. The molecule has 0 saturated heterocycles. The van der Waals surface area contributed by atoms with E-state index in [1.165, 1.54) is 13.0 Å². The van der Waals surface area contributed by atoms with E-state index in [9.17, 15) is 9.59 Å². The highest BCUT2D eigenvalue weighted by atomic mass is 35.5. The Morgan fingerprint density at radius 2 is 1.91 bits per heavy atom. The van der Waals surface area contributed by atoms with Crippen LogP contribution in [0.3, 0.4) is 0 Å². The Hall–Kier alpha value is -2.30. The number of ether oxygens (including phenoxy) is 2. The molecular weight excluding hydrogens is 339 g/mol. The number of hydrogen-bond donors (Lipinski definition) is 0. The Kier molecular flexibility index (Phi) is 4.11. The molecule has 0 radical (unpaired) electrons. The van der Waals surface area contributed by atoms with Crippen LogP contribution in [-0.2, 0) is 4.79 Å². The number of ketones is 1. The normalized spacial score (nSPS) is 14.6. The van der Waals surface area contributed by atoms with Crippen LogP contribution in [0.4, 0.5) is 0 Å². The second-order valence-corrected chi connectivity index (χ2v) is 5.68. The number of carbonyl (C=O) groups excluding carboxylic acids is 2. The first-order chi connectivity index (χ1) is 10.9. The van der Waals surface area contributed by atoms with E-state index in [1.807, 2.05) is 0 Å². The average molecular weight is 349 g/mol. The fraction of sp³-hybridized carbons (Fsp3) is 0.0588. The van der Waals surface area contributed by atoms with E-state index in [0.29, 0.717) is 32.7 Å². The molecule has 2 aromatic rings. The Labute approximate surface area is 142 Å². The number of benzene rings is 2. The van der Waals surface area contributed by atoms with Crippen LogP contribution in [0.25, 0.3) is 6.08 Å². The first-order valence-corrected chi connectivity index (χ1v) is 7.41. The monoisotopic (exact) mass is 348 g/mol. The van der Waals surface area contributed by atoms with Crippen LogP contribution in [0.1, 0.15) is 22.8 Å². The molecule has 0 saturated carbocycles. The number of Topliss-reactive ketones (excluding diaryl/α,β-unsaturated/α-hetero) is 1. The molecule has 0 aliphatic carbocycles. The van der Waals surface area contributed by atoms with Crippen LogP contribution < -0.4 is 9.47 Å². The molecule has 0 aromatic heterocycles. The molecule has 1 aliphatic rings. The molecule has 0 bridgehead atoms. The zero-order valence-corrected chi connectivity index (χ0v) is 13.4. The SMILES string of the molecule is CC(=O)Oc1ccc2c(c1)OC(=Cc1ccc(Cl)c(Cl)c1)C2=O. The first kappa shape index (κ1) is 15.6. The summed E-state index contributed by atoms with van der Waals surface area (Å²) in [6, 6.07) is 9.62. The summed E-state index contributed by atoms with van der Waals surface area (Å²) in [6.07, 6.45) is 1.58. The largest absolute Gasteiger partial charge is 0.452 e. The van der Waals surface area contributed by atoms with Crippen LogP contribution in [0.15, 0.2) is 42.2 Å². The van der Waals surface area contributed by atoms with Crippen molar-refractivity contribution >= 4 is 41.0 Å². The van der Waals surface area contributed by atoms with Crippen LogP contribution >= 0.6 is 23.2 Å². The van der Waals surface area contributed by atoms with Crippen LogP contribution in [-0.4, -0.2) is 11.8 Å². The van der Waals surface area contributed by atoms with E-state index < -0.39 is 5.97 Å². The van der Waals surface area contributed by atoms with Gasteiger partial charge in [0.15, 0.2) is 5.76 Å². The maximum Gasteiger partial charge on any atom is 0.308 e. The lowest BCUT2D eigenvalue weighted by molar-refractivity contribution is -0.131. The summed E-state index contributed by atoms with van der Waals surface area (Å²) < 4.78 is 10.5. The van der Waals surface area contributed by atoms with Crippen molar-refractivity contribution in [2.45, 2.75) is 6.92 Å². The number of rotatable bonds is 2. The maximum atomic E-state index is 12.3. The van der Waals surface area contributed by atoms with Gasteiger partial charge in [0.05, 0.1) is 15.6 Å². The van der Waals surface area contributed by atoms with Gasteiger partial charge in [-0.15, -0.1) is 0 Å². The van der Waals surface area contributed by atoms with E-state index >= 15 is 0 Å². The van der Waals surface area contributed by atoms with Gasteiger partial charge in [0.1, 0.15) is 11.5 Å². The number of halogens is 2. The van der Waals surface area contributed by atoms with Crippen LogP contribution in [0.5, 0.6) is 11.5 Å². The molecule has 4 nitrogen and oxygen atoms in total. The zero-order chi connectivity index (χ0) is 16.6. The third-order valence-electron chi connectivity index (χ3n) is 3.14. The number of fused-ring (bicyclic) bond motifs is 1. The molecule has 23 heavy (non-hydrogen) atoms. The zero-order valence-electron chi connectivity index (χ0n) is 11.9. The smallest absolute Gasteiger partial charge is 0.308 e. The predicted octanol–water partition coefficient (Wildman–Crippen LogP) is 4.53. The summed E-state index contributed by atoms with van der Waals surface area (Å²) in [7, 11) is 0. The van der Waals surface area contributed by atoms with Gasteiger partial charge >= 0.3 is 5.97 Å². The van der Waals surface area contributed by atoms with Crippen molar-refractivity contribution < 1.29 is 19.1 Å². The first-order valence-electron chi connectivity index (χ1n) is 6.66. The number of allylic oxidation sites excluding steroid dienone is 1. The summed E-state index contributed by atoms with van der Waals surface area (Å²) in [6.45, 7) is 1.30. The Balaban J connectivity index is 1.91. The van der Waals surface area contributed by atoms with Gasteiger partial charge in [-0.25, -0.2) is 0 Å². The number of hydrogen-bond acceptors (Lipinski definition) is 4. The molecule has 0 atom stereocenters. The van der Waals surface area contributed by atoms with Gasteiger partial charge in [-0.1, -0.05) is 29.3 Å². The molecule has 0 N–H and O–H groups in total. The molecule has 3 rings (SSSR count). The molecular formula is C17H10Cl2O4. The van der Waals surface area contributed by atoms with Gasteiger partial charge in [-0.3, -0.25) is 9.59 Å². The van der Waals surface area contributed by atoms with Crippen molar-refractivity contribution in [3.63, 3.8) is 0 Å². The van der Waals surface area contributed by atoms with Crippen molar-refractivity contribution in [1.82, 2.24) is 0 Å². The fourth-order valence-corrected chi connectivity index (χ4v) is 2.46. The third-order valence-corrected chi connectivity index (χ3v) is 3.88. The van der Waals surface area contributed by atoms with Gasteiger partial charge < -0.3 is 9.47 Å². The second kappa shape index (κ2) is 6.07. The molecule has 2 aromatic carbocycles.